The zero-order chi connectivity index (χ0) is 16.0. The van der Waals surface area contributed by atoms with Crippen LogP contribution in [0.2, 0.25) is 0 Å². The van der Waals surface area contributed by atoms with Crippen LogP contribution in [0.25, 0.3) is 28.3 Å². The van der Waals surface area contributed by atoms with E-state index in [1.807, 2.05) is 12.1 Å². The fourth-order valence-corrected chi connectivity index (χ4v) is 3.23. The van der Waals surface area contributed by atoms with E-state index < -0.39 is 0 Å². The van der Waals surface area contributed by atoms with Crippen LogP contribution in [0.4, 0.5) is 0 Å². The highest BCUT2D eigenvalue weighted by Gasteiger charge is 2.12. The van der Waals surface area contributed by atoms with E-state index in [2.05, 4.69) is 87.7 Å². The third-order valence-corrected chi connectivity index (χ3v) is 4.60. The largest absolute Gasteiger partial charge is 0.313 e. The van der Waals surface area contributed by atoms with E-state index in [-0.39, 0.29) is 0 Å². The smallest absolute Gasteiger partial charge is 0.214 e. The Morgan fingerprint density at radius 2 is 1.74 bits per heavy atom. The van der Waals surface area contributed by atoms with Crippen molar-refractivity contribution in [1.82, 2.24) is 14.0 Å². The van der Waals surface area contributed by atoms with Gasteiger partial charge in [-0.2, -0.15) is 0 Å². The van der Waals surface area contributed by atoms with Crippen molar-refractivity contribution >= 4 is 21.7 Å². The van der Waals surface area contributed by atoms with Gasteiger partial charge in [-0.3, -0.25) is 4.40 Å². The van der Waals surface area contributed by atoms with Gasteiger partial charge in [-0.05, 0) is 19.1 Å². The molecule has 0 amide bonds. The molecule has 0 saturated carbocycles. The molecule has 2 aromatic heterocycles. The lowest BCUT2D eigenvalue weighted by Gasteiger charge is -2.03. The van der Waals surface area contributed by atoms with Gasteiger partial charge in [0.1, 0.15) is 0 Å². The minimum atomic E-state index is 0.940. The van der Waals surface area contributed by atoms with Crippen molar-refractivity contribution in [2.75, 3.05) is 0 Å². The zero-order valence-electron chi connectivity index (χ0n) is 13.0. The molecule has 4 heteroatoms. The van der Waals surface area contributed by atoms with Crippen molar-refractivity contribution < 1.29 is 0 Å². The molecule has 0 aliphatic rings. The summed E-state index contributed by atoms with van der Waals surface area (Å²) in [7, 11) is 2.05. The van der Waals surface area contributed by atoms with E-state index in [1.165, 1.54) is 11.1 Å². The van der Waals surface area contributed by atoms with Crippen LogP contribution in [0.5, 0.6) is 0 Å². The highest BCUT2D eigenvalue weighted by Crippen LogP contribution is 2.27. The maximum Gasteiger partial charge on any atom is 0.214 e. The number of imidazole rings is 2. The molecule has 3 nitrogen and oxygen atoms in total. The normalized spacial score (nSPS) is 11.3. The monoisotopic (exact) mass is 365 g/mol. The van der Waals surface area contributed by atoms with Gasteiger partial charge in [0, 0.05) is 35.0 Å². The second-order valence-electron chi connectivity index (χ2n) is 5.78. The number of halogens is 1. The third kappa shape index (κ3) is 2.49. The first-order valence-electron chi connectivity index (χ1n) is 7.49. The van der Waals surface area contributed by atoms with Crippen molar-refractivity contribution in [3.63, 3.8) is 0 Å². The molecule has 114 valence electrons. The van der Waals surface area contributed by atoms with Gasteiger partial charge in [0.25, 0.3) is 0 Å². The first-order chi connectivity index (χ1) is 11.1. The van der Waals surface area contributed by atoms with Crippen LogP contribution in [-0.2, 0) is 7.05 Å². The maximum absolute atomic E-state index is 4.79. The summed E-state index contributed by atoms with van der Waals surface area (Å²) in [4.78, 5) is 4.79. The Hall–Kier alpha value is -2.33. The number of benzene rings is 2. The van der Waals surface area contributed by atoms with E-state index in [0.29, 0.717) is 0 Å². The fraction of sp³-hybridized carbons (Fsp3) is 0.105. The first kappa shape index (κ1) is 14.3. The van der Waals surface area contributed by atoms with Crippen molar-refractivity contribution in [1.29, 1.82) is 0 Å². The lowest BCUT2D eigenvalue weighted by Crippen LogP contribution is -1.92. The van der Waals surface area contributed by atoms with Crippen molar-refractivity contribution in [3.05, 3.63) is 71.0 Å². The van der Waals surface area contributed by atoms with Gasteiger partial charge in [0.2, 0.25) is 5.78 Å². The van der Waals surface area contributed by atoms with Crippen LogP contribution in [-0.4, -0.2) is 14.0 Å². The molecule has 23 heavy (non-hydrogen) atoms. The van der Waals surface area contributed by atoms with E-state index in [9.17, 15) is 0 Å². The summed E-state index contributed by atoms with van der Waals surface area (Å²) < 4.78 is 5.29. The van der Waals surface area contributed by atoms with Crippen molar-refractivity contribution in [2.24, 2.45) is 7.05 Å². The average molecular weight is 366 g/mol. The molecule has 0 bridgehead atoms. The predicted octanol–water partition coefficient (Wildman–Crippen LogP) is 5.08. The maximum atomic E-state index is 4.79. The summed E-state index contributed by atoms with van der Waals surface area (Å²) in [6.07, 6.45) is 4.21. The molecule has 0 saturated heterocycles. The van der Waals surface area contributed by atoms with E-state index >= 15 is 0 Å². The number of fused-ring (bicyclic) bond motifs is 1. The summed E-state index contributed by atoms with van der Waals surface area (Å²) >= 11 is 3.53. The highest BCUT2D eigenvalue weighted by molar-refractivity contribution is 9.10. The molecule has 2 aromatic carbocycles. The van der Waals surface area contributed by atoms with E-state index in [0.717, 1.165) is 27.2 Å². The SMILES string of the molecule is Cc1ccc(-c2cn3cc(-c4cccc(Br)c4)n(C)c3n2)cc1. The zero-order valence-corrected chi connectivity index (χ0v) is 14.6. The number of aryl methyl sites for hydroxylation is 2. The predicted molar refractivity (Wildman–Crippen MR) is 97.5 cm³/mol. The van der Waals surface area contributed by atoms with Crippen molar-refractivity contribution in [3.8, 4) is 22.5 Å². The molecule has 0 atom stereocenters. The molecule has 0 aliphatic heterocycles. The number of hydrogen-bond donors (Lipinski definition) is 0. The average Bonchev–Trinajstić information content (AvgIpc) is 3.08. The summed E-state index contributed by atoms with van der Waals surface area (Å²) in [5.74, 6) is 0.940. The number of aromatic nitrogens is 3. The standard InChI is InChI=1S/C19H16BrN3/c1-13-6-8-14(9-7-13)17-11-23-12-18(22(2)19(23)21-17)15-4-3-5-16(20)10-15/h3-12H,1-2H3. The summed E-state index contributed by atoms with van der Waals surface area (Å²) in [5, 5.41) is 0. The van der Waals surface area contributed by atoms with Crippen LogP contribution in [0, 0.1) is 6.92 Å². The van der Waals surface area contributed by atoms with Crippen LogP contribution in [0.3, 0.4) is 0 Å². The second kappa shape index (κ2) is 5.39. The Balaban J connectivity index is 1.81. The van der Waals surface area contributed by atoms with Gasteiger partial charge < -0.3 is 4.57 Å². The van der Waals surface area contributed by atoms with Crippen LogP contribution >= 0.6 is 15.9 Å². The minimum absolute atomic E-state index is 0.940. The Kier molecular flexibility index (Phi) is 3.34. The van der Waals surface area contributed by atoms with Crippen LogP contribution in [0.15, 0.2) is 65.4 Å². The molecular formula is C19H16BrN3. The Morgan fingerprint density at radius 3 is 2.43 bits per heavy atom. The molecule has 0 fully saturated rings. The lowest BCUT2D eigenvalue weighted by atomic mass is 10.1. The summed E-state index contributed by atoms with van der Waals surface area (Å²) in [6, 6.07) is 16.8. The van der Waals surface area contributed by atoms with Crippen LogP contribution in [0.1, 0.15) is 5.56 Å². The van der Waals surface area contributed by atoms with Gasteiger partial charge >= 0.3 is 0 Å². The number of nitrogens with zero attached hydrogens (tertiary/aromatic N) is 3. The molecule has 0 unspecified atom stereocenters. The molecular weight excluding hydrogens is 350 g/mol. The Bertz CT molecular complexity index is 993. The fourth-order valence-electron chi connectivity index (χ4n) is 2.83. The molecule has 0 N–H and O–H groups in total. The Labute approximate surface area is 143 Å². The molecule has 4 rings (SSSR count). The topological polar surface area (TPSA) is 22.2 Å². The number of hydrogen-bond acceptors (Lipinski definition) is 1. The quantitative estimate of drug-likeness (QED) is 0.485. The van der Waals surface area contributed by atoms with Crippen LogP contribution < -0.4 is 0 Å². The molecule has 2 heterocycles. The van der Waals surface area contributed by atoms with Gasteiger partial charge in [0.05, 0.1) is 11.4 Å². The summed E-state index contributed by atoms with van der Waals surface area (Å²) in [6.45, 7) is 2.09. The molecule has 4 aromatic rings. The summed E-state index contributed by atoms with van der Waals surface area (Å²) in [5.41, 5.74) is 5.71. The lowest BCUT2D eigenvalue weighted by molar-refractivity contribution is 0.945. The first-order valence-corrected chi connectivity index (χ1v) is 8.28. The van der Waals surface area contributed by atoms with Crippen molar-refractivity contribution in [2.45, 2.75) is 6.92 Å². The van der Waals surface area contributed by atoms with Gasteiger partial charge in [-0.25, -0.2) is 4.98 Å². The van der Waals surface area contributed by atoms with E-state index in [1.54, 1.807) is 0 Å². The van der Waals surface area contributed by atoms with Gasteiger partial charge in [0.15, 0.2) is 0 Å². The van der Waals surface area contributed by atoms with Gasteiger partial charge in [-0.15, -0.1) is 0 Å². The highest BCUT2D eigenvalue weighted by atomic mass is 79.9. The van der Waals surface area contributed by atoms with Gasteiger partial charge in [-0.1, -0.05) is 57.9 Å². The number of rotatable bonds is 2. The van der Waals surface area contributed by atoms with E-state index in [4.69, 9.17) is 4.98 Å². The second-order valence-corrected chi connectivity index (χ2v) is 6.70. The molecule has 0 aliphatic carbocycles. The Morgan fingerprint density at radius 1 is 0.957 bits per heavy atom. The molecule has 0 spiro atoms. The minimum Gasteiger partial charge on any atom is -0.313 e. The third-order valence-electron chi connectivity index (χ3n) is 4.10. The molecule has 0 radical (unpaired) electrons.